The van der Waals surface area contributed by atoms with Crippen LogP contribution in [0, 0.1) is 0 Å². The van der Waals surface area contributed by atoms with Crippen LogP contribution in [-0.2, 0) is 10.3 Å². The molecule has 3 aliphatic carbocycles. The maximum atomic E-state index is 12.1. The third-order valence-corrected chi connectivity index (χ3v) is 4.65. The lowest BCUT2D eigenvalue weighted by Gasteiger charge is -2.68. The highest BCUT2D eigenvalue weighted by Gasteiger charge is 2.67. The average molecular weight is 304 g/mol. The minimum Gasteiger partial charge on any atom is -0.367 e. The molecule has 3 fully saturated rings. The van der Waals surface area contributed by atoms with Gasteiger partial charge in [0.15, 0.2) is 0 Å². The summed E-state index contributed by atoms with van der Waals surface area (Å²) in [5, 5.41) is 4.35. The van der Waals surface area contributed by atoms with E-state index in [0.29, 0.717) is 0 Å². The number of halogens is 3. The highest BCUT2D eigenvalue weighted by atomic mass is 19.4. The summed E-state index contributed by atoms with van der Waals surface area (Å²) in [6.07, 6.45) is 1.74. The molecule has 0 unspecified atom stereocenters. The number of aromatic nitrogens is 2. The zero-order valence-corrected chi connectivity index (χ0v) is 12.0. The van der Waals surface area contributed by atoms with E-state index < -0.39 is 19.0 Å². The minimum absolute atomic E-state index is 0.00808. The average Bonchev–Trinajstić information content (AvgIpc) is 2.78. The van der Waals surface area contributed by atoms with Crippen LogP contribution >= 0.6 is 0 Å². The van der Waals surface area contributed by atoms with Gasteiger partial charge in [-0.1, -0.05) is 0 Å². The van der Waals surface area contributed by atoms with Crippen molar-refractivity contribution in [3.8, 4) is 0 Å². The van der Waals surface area contributed by atoms with E-state index in [2.05, 4.69) is 9.84 Å². The van der Waals surface area contributed by atoms with Crippen molar-refractivity contribution in [2.75, 3.05) is 18.6 Å². The minimum atomic E-state index is -4.60. The SMILES string of the molecule is C[C@H](COC(F)(F)F)N(C)c1cnn(C23CC(N)(C2)C3)c1. The fourth-order valence-corrected chi connectivity index (χ4v) is 3.39. The van der Waals surface area contributed by atoms with Gasteiger partial charge in [-0.05, 0) is 26.2 Å². The van der Waals surface area contributed by atoms with E-state index in [-0.39, 0.29) is 11.1 Å². The van der Waals surface area contributed by atoms with Crippen molar-refractivity contribution in [1.29, 1.82) is 0 Å². The van der Waals surface area contributed by atoms with Crippen molar-refractivity contribution >= 4 is 5.69 Å². The van der Waals surface area contributed by atoms with Crippen molar-refractivity contribution in [3.05, 3.63) is 12.4 Å². The maximum absolute atomic E-state index is 12.1. The Morgan fingerprint density at radius 1 is 1.48 bits per heavy atom. The molecule has 5 nitrogen and oxygen atoms in total. The standard InChI is InChI=1S/C13H19F3N4O/c1-9(5-21-13(14,15)16)19(2)10-3-18-20(4-10)12-6-11(17,7-12)8-12/h3-4,9H,5-8,17H2,1-2H3/t9-,11?,12?/m1/s1. The fraction of sp³-hybridized carbons (Fsp3) is 0.769. The molecule has 1 aromatic heterocycles. The van der Waals surface area contributed by atoms with Crippen molar-refractivity contribution in [2.45, 2.75) is 49.7 Å². The van der Waals surface area contributed by atoms with Gasteiger partial charge in [0.1, 0.15) is 0 Å². The summed E-state index contributed by atoms with van der Waals surface area (Å²) in [4.78, 5) is 1.74. The Labute approximate surface area is 120 Å². The molecule has 0 aliphatic heterocycles. The lowest BCUT2D eigenvalue weighted by molar-refractivity contribution is -0.325. The first-order valence-corrected chi connectivity index (χ1v) is 6.90. The molecule has 4 rings (SSSR count). The van der Waals surface area contributed by atoms with Crippen molar-refractivity contribution < 1.29 is 17.9 Å². The molecule has 2 N–H and O–H groups in total. The molecule has 2 bridgehead atoms. The second-order valence-electron chi connectivity index (χ2n) is 6.48. The Morgan fingerprint density at radius 2 is 2.10 bits per heavy atom. The van der Waals surface area contributed by atoms with Crippen LogP contribution in [0.3, 0.4) is 0 Å². The van der Waals surface area contributed by atoms with E-state index in [4.69, 9.17) is 5.73 Å². The molecule has 0 aromatic carbocycles. The Bertz CT molecular complexity index is 522. The number of alkyl halides is 3. The van der Waals surface area contributed by atoms with Gasteiger partial charge in [-0.3, -0.25) is 9.42 Å². The number of hydrogen-bond donors (Lipinski definition) is 1. The van der Waals surface area contributed by atoms with Crippen LogP contribution in [0.4, 0.5) is 18.9 Å². The van der Waals surface area contributed by atoms with E-state index in [1.807, 2.05) is 10.9 Å². The van der Waals surface area contributed by atoms with Gasteiger partial charge in [0.05, 0.1) is 24.0 Å². The zero-order valence-electron chi connectivity index (χ0n) is 12.0. The predicted molar refractivity (Wildman–Crippen MR) is 70.8 cm³/mol. The lowest BCUT2D eigenvalue weighted by atomic mass is 9.45. The smallest absolute Gasteiger partial charge is 0.367 e. The van der Waals surface area contributed by atoms with E-state index in [1.54, 1.807) is 25.1 Å². The molecular weight excluding hydrogens is 285 g/mol. The van der Waals surface area contributed by atoms with Crippen LogP contribution in [0.5, 0.6) is 0 Å². The van der Waals surface area contributed by atoms with Crippen molar-refractivity contribution in [1.82, 2.24) is 9.78 Å². The number of likely N-dealkylation sites (N-methyl/N-ethyl adjacent to an activating group) is 1. The van der Waals surface area contributed by atoms with E-state index in [0.717, 1.165) is 24.9 Å². The number of ether oxygens (including phenoxy) is 1. The van der Waals surface area contributed by atoms with Crippen LogP contribution < -0.4 is 10.6 Å². The van der Waals surface area contributed by atoms with Gasteiger partial charge in [-0.2, -0.15) is 5.10 Å². The highest BCUT2D eigenvalue weighted by molar-refractivity contribution is 5.43. The van der Waals surface area contributed by atoms with E-state index in [9.17, 15) is 13.2 Å². The number of hydrogen-bond acceptors (Lipinski definition) is 4. The molecule has 0 spiro atoms. The molecule has 0 saturated heterocycles. The van der Waals surface area contributed by atoms with Crippen molar-refractivity contribution in [2.24, 2.45) is 5.73 Å². The summed E-state index contributed by atoms with van der Waals surface area (Å²) in [5.74, 6) is 0. The molecule has 1 atom stereocenters. The van der Waals surface area contributed by atoms with Gasteiger partial charge in [-0.25, -0.2) is 0 Å². The van der Waals surface area contributed by atoms with E-state index in [1.165, 1.54) is 0 Å². The van der Waals surface area contributed by atoms with Gasteiger partial charge in [0.2, 0.25) is 0 Å². The van der Waals surface area contributed by atoms with E-state index >= 15 is 0 Å². The summed E-state index contributed by atoms with van der Waals surface area (Å²) in [6, 6.07) is -0.404. The van der Waals surface area contributed by atoms with Gasteiger partial charge >= 0.3 is 6.36 Å². The first-order chi connectivity index (χ1) is 9.63. The summed E-state index contributed by atoms with van der Waals surface area (Å²) in [6.45, 7) is 1.27. The third-order valence-electron chi connectivity index (χ3n) is 4.65. The molecular formula is C13H19F3N4O. The number of nitrogens with zero attached hydrogens (tertiary/aromatic N) is 3. The van der Waals surface area contributed by atoms with Gasteiger partial charge in [0.25, 0.3) is 0 Å². The molecule has 21 heavy (non-hydrogen) atoms. The number of nitrogens with two attached hydrogens (primary N) is 1. The first kappa shape index (κ1) is 14.6. The summed E-state index contributed by atoms with van der Waals surface area (Å²) >= 11 is 0. The maximum Gasteiger partial charge on any atom is 0.522 e. The van der Waals surface area contributed by atoms with Crippen LogP contribution in [0.25, 0.3) is 0 Å². The predicted octanol–water partition coefficient (Wildman–Crippen LogP) is 1.83. The third kappa shape index (κ3) is 2.50. The Kier molecular flexibility index (Phi) is 3.04. The Morgan fingerprint density at radius 3 is 2.62 bits per heavy atom. The molecule has 1 heterocycles. The van der Waals surface area contributed by atoms with Crippen LogP contribution in [0.1, 0.15) is 26.2 Å². The molecule has 0 amide bonds. The van der Waals surface area contributed by atoms with Gasteiger partial charge < -0.3 is 10.6 Å². The normalized spacial score (nSPS) is 32.3. The largest absolute Gasteiger partial charge is 0.522 e. The summed E-state index contributed by atoms with van der Waals surface area (Å²) in [5.41, 5.74) is 6.85. The molecule has 8 heteroatoms. The van der Waals surface area contributed by atoms with Gasteiger partial charge in [-0.15, -0.1) is 13.2 Å². The highest BCUT2D eigenvalue weighted by Crippen LogP contribution is 2.63. The summed E-state index contributed by atoms with van der Waals surface area (Å²) < 4.78 is 42.0. The topological polar surface area (TPSA) is 56.3 Å². The lowest BCUT2D eigenvalue weighted by Crippen LogP contribution is -2.76. The molecule has 3 saturated carbocycles. The summed E-state index contributed by atoms with van der Waals surface area (Å²) in [7, 11) is 1.73. The zero-order chi connectivity index (χ0) is 15.5. The van der Waals surface area contributed by atoms with Crippen LogP contribution in [0.2, 0.25) is 0 Å². The first-order valence-electron chi connectivity index (χ1n) is 6.90. The van der Waals surface area contributed by atoms with Crippen LogP contribution in [-0.4, -0.2) is 41.4 Å². The monoisotopic (exact) mass is 304 g/mol. The van der Waals surface area contributed by atoms with Crippen molar-refractivity contribution in [3.63, 3.8) is 0 Å². The van der Waals surface area contributed by atoms with Crippen LogP contribution in [0.15, 0.2) is 12.4 Å². The number of rotatable bonds is 5. The quantitative estimate of drug-likeness (QED) is 0.902. The van der Waals surface area contributed by atoms with Gasteiger partial charge in [0, 0.05) is 24.8 Å². The second kappa shape index (κ2) is 4.36. The molecule has 0 radical (unpaired) electrons. The molecule has 1 aromatic rings. The number of anilines is 1. The molecule has 118 valence electrons. The fourth-order valence-electron chi connectivity index (χ4n) is 3.39. The Balaban J connectivity index is 1.61. The molecule has 3 aliphatic rings. The second-order valence-corrected chi connectivity index (χ2v) is 6.48. The Hall–Kier alpha value is -1.28.